The molecule has 1 heterocycles. The van der Waals surface area contributed by atoms with Crippen LogP contribution in [0, 0.1) is 17.6 Å². The molecule has 0 spiro atoms. The lowest BCUT2D eigenvalue weighted by Crippen LogP contribution is -2.41. The van der Waals surface area contributed by atoms with Crippen molar-refractivity contribution in [2.24, 2.45) is 5.92 Å². The summed E-state index contributed by atoms with van der Waals surface area (Å²) in [4.78, 5) is 14.4. The predicted octanol–water partition coefficient (Wildman–Crippen LogP) is 2.28. The zero-order valence-corrected chi connectivity index (χ0v) is 12.1. The monoisotopic (exact) mass is 294 g/mol. The van der Waals surface area contributed by atoms with Crippen LogP contribution in [-0.2, 0) is 4.79 Å². The van der Waals surface area contributed by atoms with Gasteiger partial charge in [0, 0.05) is 36.5 Å². The second-order valence-corrected chi connectivity index (χ2v) is 5.97. The summed E-state index contributed by atoms with van der Waals surface area (Å²) in [5, 5.41) is 3.10. The number of amides is 1. The Hall–Kier alpha value is -1.49. The molecule has 1 saturated carbocycles. The van der Waals surface area contributed by atoms with Crippen LogP contribution < -0.4 is 5.32 Å². The van der Waals surface area contributed by atoms with E-state index in [1.165, 1.54) is 18.2 Å². The maximum Gasteiger partial charge on any atom is 0.226 e. The summed E-state index contributed by atoms with van der Waals surface area (Å²) >= 11 is 0. The second-order valence-electron chi connectivity index (χ2n) is 5.97. The van der Waals surface area contributed by atoms with Crippen LogP contribution in [0.2, 0.25) is 0 Å². The molecule has 1 saturated heterocycles. The number of rotatable bonds is 4. The molecular weight excluding hydrogens is 274 g/mol. The first-order chi connectivity index (χ1) is 10.1. The number of nitrogens with one attached hydrogen (secondary N) is 1. The molecule has 114 valence electrons. The highest BCUT2D eigenvalue weighted by Gasteiger charge is 2.49. The van der Waals surface area contributed by atoms with Crippen LogP contribution in [0.25, 0.3) is 0 Å². The Kier molecular flexibility index (Phi) is 3.93. The molecule has 0 bridgehead atoms. The van der Waals surface area contributed by atoms with Crippen molar-refractivity contribution in [3.63, 3.8) is 0 Å². The predicted molar refractivity (Wildman–Crippen MR) is 75.9 cm³/mol. The van der Waals surface area contributed by atoms with E-state index in [1.807, 2.05) is 11.9 Å². The van der Waals surface area contributed by atoms with Gasteiger partial charge in [-0.1, -0.05) is 6.07 Å². The Morgan fingerprint density at radius 2 is 2.10 bits per heavy atom. The molecule has 1 aliphatic carbocycles. The molecule has 1 aromatic rings. The SMILES string of the molecule is CNC[C@@H]1CCCN1C(=O)[C@H]1C[C@@H]1c1c(F)cccc1F. The molecule has 3 atom stereocenters. The van der Waals surface area contributed by atoms with Gasteiger partial charge >= 0.3 is 0 Å². The molecule has 1 aromatic carbocycles. The highest BCUT2D eigenvalue weighted by molar-refractivity contribution is 5.83. The standard InChI is InChI=1S/C16H20F2N2O/c1-19-9-10-4-3-7-20(10)16(21)12-8-11(12)15-13(17)5-2-6-14(15)18/h2,5-6,10-12,19H,3-4,7-9H2,1H3/t10-,11-,12-/m0/s1. The summed E-state index contributed by atoms with van der Waals surface area (Å²) in [6, 6.07) is 4.10. The fraction of sp³-hybridized carbons (Fsp3) is 0.562. The van der Waals surface area contributed by atoms with E-state index >= 15 is 0 Å². The third-order valence-corrected chi connectivity index (χ3v) is 4.58. The number of benzene rings is 1. The number of nitrogens with zero attached hydrogens (tertiary/aromatic N) is 1. The van der Waals surface area contributed by atoms with Crippen molar-refractivity contribution in [1.29, 1.82) is 0 Å². The van der Waals surface area contributed by atoms with Crippen LogP contribution in [0.1, 0.15) is 30.7 Å². The van der Waals surface area contributed by atoms with Crippen molar-refractivity contribution in [2.45, 2.75) is 31.2 Å². The molecule has 2 fully saturated rings. The second kappa shape index (κ2) is 5.72. The van der Waals surface area contributed by atoms with E-state index in [0.717, 1.165) is 25.9 Å². The van der Waals surface area contributed by atoms with Gasteiger partial charge < -0.3 is 10.2 Å². The first kappa shape index (κ1) is 14.4. The molecule has 21 heavy (non-hydrogen) atoms. The van der Waals surface area contributed by atoms with Gasteiger partial charge in [-0.15, -0.1) is 0 Å². The smallest absolute Gasteiger partial charge is 0.226 e. The average molecular weight is 294 g/mol. The normalized spacial score (nSPS) is 28.0. The summed E-state index contributed by atoms with van der Waals surface area (Å²) in [6.07, 6.45) is 2.56. The Bertz CT molecular complexity index is 529. The lowest BCUT2D eigenvalue weighted by atomic mass is 10.1. The Morgan fingerprint density at radius 3 is 2.76 bits per heavy atom. The quantitative estimate of drug-likeness (QED) is 0.924. The summed E-state index contributed by atoms with van der Waals surface area (Å²) in [5.74, 6) is -1.57. The van der Waals surface area contributed by atoms with Crippen LogP contribution in [0.5, 0.6) is 0 Å². The van der Waals surface area contributed by atoms with Crippen molar-refractivity contribution < 1.29 is 13.6 Å². The van der Waals surface area contributed by atoms with E-state index in [4.69, 9.17) is 0 Å². The molecule has 3 rings (SSSR count). The number of hydrogen-bond donors (Lipinski definition) is 1. The Labute approximate surface area is 123 Å². The van der Waals surface area contributed by atoms with Gasteiger partial charge in [0.1, 0.15) is 11.6 Å². The van der Waals surface area contributed by atoms with E-state index in [2.05, 4.69) is 5.32 Å². The molecule has 2 aliphatic rings. The molecule has 5 heteroatoms. The Balaban J connectivity index is 1.71. The zero-order chi connectivity index (χ0) is 15.0. The van der Waals surface area contributed by atoms with Crippen molar-refractivity contribution in [3.05, 3.63) is 35.4 Å². The summed E-state index contributed by atoms with van der Waals surface area (Å²) in [6.45, 7) is 1.53. The van der Waals surface area contributed by atoms with Gasteiger partial charge in [-0.05, 0) is 38.4 Å². The number of likely N-dealkylation sites (tertiary alicyclic amines) is 1. The highest BCUT2D eigenvalue weighted by Crippen LogP contribution is 2.50. The maximum absolute atomic E-state index is 13.8. The lowest BCUT2D eigenvalue weighted by Gasteiger charge is -2.24. The minimum absolute atomic E-state index is 0.0559. The first-order valence-corrected chi connectivity index (χ1v) is 7.52. The summed E-state index contributed by atoms with van der Waals surface area (Å²) in [7, 11) is 1.87. The van der Waals surface area contributed by atoms with Crippen LogP contribution in [0.3, 0.4) is 0 Å². The van der Waals surface area contributed by atoms with Gasteiger partial charge in [0.05, 0.1) is 0 Å². The van der Waals surface area contributed by atoms with Gasteiger partial charge in [0.25, 0.3) is 0 Å². The summed E-state index contributed by atoms with van der Waals surface area (Å²) < 4.78 is 27.6. The van der Waals surface area contributed by atoms with Gasteiger partial charge in [-0.2, -0.15) is 0 Å². The van der Waals surface area contributed by atoms with E-state index < -0.39 is 11.6 Å². The summed E-state index contributed by atoms with van der Waals surface area (Å²) in [5.41, 5.74) is 0.0835. The topological polar surface area (TPSA) is 32.3 Å². The van der Waals surface area contributed by atoms with Crippen LogP contribution in [0.4, 0.5) is 8.78 Å². The molecule has 0 radical (unpaired) electrons. The van der Waals surface area contributed by atoms with Gasteiger partial charge in [-0.3, -0.25) is 4.79 Å². The van der Waals surface area contributed by atoms with Gasteiger partial charge in [-0.25, -0.2) is 8.78 Å². The Morgan fingerprint density at radius 1 is 1.38 bits per heavy atom. The first-order valence-electron chi connectivity index (χ1n) is 7.52. The largest absolute Gasteiger partial charge is 0.338 e. The van der Waals surface area contributed by atoms with E-state index in [1.54, 1.807) is 0 Å². The van der Waals surface area contributed by atoms with Gasteiger partial charge in [0.2, 0.25) is 5.91 Å². The molecule has 3 nitrogen and oxygen atoms in total. The third-order valence-electron chi connectivity index (χ3n) is 4.58. The van der Waals surface area contributed by atoms with E-state index in [-0.39, 0.29) is 29.3 Å². The van der Waals surface area contributed by atoms with Crippen LogP contribution in [0.15, 0.2) is 18.2 Å². The third kappa shape index (κ3) is 2.67. The van der Waals surface area contributed by atoms with Crippen LogP contribution >= 0.6 is 0 Å². The molecule has 1 N–H and O–H groups in total. The fourth-order valence-corrected chi connectivity index (χ4v) is 3.44. The maximum atomic E-state index is 13.8. The average Bonchev–Trinajstić information content (AvgIpc) is 3.09. The van der Waals surface area contributed by atoms with Crippen molar-refractivity contribution in [3.8, 4) is 0 Å². The highest BCUT2D eigenvalue weighted by atomic mass is 19.1. The number of carbonyl (C=O) groups excluding carboxylic acids is 1. The minimum Gasteiger partial charge on any atom is -0.338 e. The fourth-order valence-electron chi connectivity index (χ4n) is 3.44. The molecule has 0 aromatic heterocycles. The van der Waals surface area contributed by atoms with Crippen molar-refractivity contribution in [2.75, 3.05) is 20.1 Å². The number of hydrogen-bond acceptors (Lipinski definition) is 2. The minimum atomic E-state index is -0.538. The van der Waals surface area contributed by atoms with E-state index in [9.17, 15) is 13.6 Å². The van der Waals surface area contributed by atoms with Crippen molar-refractivity contribution in [1.82, 2.24) is 10.2 Å². The molecule has 1 amide bonds. The molecule has 1 aliphatic heterocycles. The van der Waals surface area contributed by atoms with Crippen LogP contribution in [-0.4, -0.2) is 37.0 Å². The van der Waals surface area contributed by atoms with Gasteiger partial charge in [0.15, 0.2) is 0 Å². The number of halogens is 2. The zero-order valence-electron chi connectivity index (χ0n) is 12.1. The van der Waals surface area contributed by atoms with E-state index in [0.29, 0.717) is 6.42 Å². The lowest BCUT2D eigenvalue weighted by molar-refractivity contribution is -0.133. The number of likely N-dealkylation sites (N-methyl/N-ethyl adjacent to an activating group) is 1. The van der Waals surface area contributed by atoms with Crippen molar-refractivity contribution >= 4 is 5.91 Å². The molecule has 0 unspecified atom stereocenters. The molecular formula is C16H20F2N2O. The number of carbonyl (C=O) groups is 1.